The maximum atomic E-state index is 13.6. The van der Waals surface area contributed by atoms with Crippen molar-refractivity contribution in [2.24, 2.45) is 5.28 Å². The van der Waals surface area contributed by atoms with Gasteiger partial charge in [0.2, 0.25) is 11.4 Å². The predicted molar refractivity (Wildman–Crippen MR) is 111 cm³/mol. The van der Waals surface area contributed by atoms with Crippen LogP contribution in [0.25, 0.3) is 6.08 Å². The van der Waals surface area contributed by atoms with E-state index in [-0.39, 0.29) is 22.9 Å². The first kappa shape index (κ1) is 26.5. The van der Waals surface area contributed by atoms with E-state index in [1.807, 2.05) is 20.8 Å². The molecule has 13 heteroatoms. The summed E-state index contributed by atoms with van der Waals surface area (Å²) in [7, 11) is 1.32. The molecule has 0 bridgehead atoms. The van der Waals surface area contributed by atoms with Crippen molar-refractivity contribution in [3.8, 4) is 5.75 Å². The molecule has 1 aliphatic heterocycles. The van der Waals surface area contributed by atoms with Gasteiger partial charge in [0, 0.05) is 10.6 Å². The molecule has 0 saturated carbocycles. The third kappa shape index (κ3) is 6.41. The number of hydrogen-bond acceptors (Lipinski definition) is 7. The van der Waals surface area contributed by atoms with Gasteiger partial charge in [-0.05, 0) is 36.1 Å². The van der Waals surface area contributed by atoms with E-state index in [1.54, 1.807) is 0 Å². The highest BCUT2D eigenvalue weighted by atomic mass is 35.5. The lowest BCUT2D eigenvalue weighted by Crippen LogP contribution is -2.41. The Labute approximate surface area is 193 Å². The molecule has 1 heterocycles. The molecule has 184 valence electrons. The van der Waals surface area contributed by atoms with Gasteiger partial charge in [-0.15, -0.1) is 5.01 Å². The van der Waals surface area contributed by atoms with Crippen LogP contribution in [0.4, 0.5) is 13.2 Å². The van der Waals surface area contributed by atoms with Crippen molar-refractivity contribution in [3.05, 3.63) is 39.1 Å². The van der Waals surface area contributed by atoms with Crippen LogP contribution in [0.3, 0.4) is 0 Å². The number of halogens is 4. The van der Waals surface area contributed by atoms with Crippen LogP contribution in [0.2, 0.25) is 5.02 Å². The zero-order valence-electron chi connectivity index (χ0n) is 18.6. The van der Waals surface area contributed by atoms with Crippen molar-refractivity contribution in [2.75, 3.05) is 20.4 Å². The number of hydrazine groups is 1. The number of carbonyl (C=O) groups excluding carboxylic acids is 1. The first-order chi connectivity index (χ1) is 15.2. The summed E-state index contributed by atoms with van der Waals surface area (Å²) in [5.41, 5.74) is -0.508. The van der Waals surface area contributed by atoms with Crippen molar-refractivity contribution < 1.29 is 42.4 Å². The molecule has 33 heavy (non-hydrogen) atoms. The number of aliphatic hydroxyl groups excluding tert-OH is 1. The quantitative estimate of drug-likeness (QED) is 0.152. The molecular weight excluding hydrogens is 471 g/mol. The molecule has 1 aliphatic rings. The van der Waals surface area contributed by atoms with Crippen molar-refractivity contribution >= 4 is 23.6 Å². The maximum Gasteiger partial charge on any atom is 0.430 e. The molecule has 1 aromatic carbocycles. The van der Waals surface area contributed by atoms with E-state index in [2.05, 4.69) is 14.9 Å². The summed E-state index contributed by atoms with van der Waals surface area (Å²) in [6.07, 6.45) is -6.49. The fraction of sp³-hybridized carbons (Fsp3) is 0.550. The Morgan fingerprint density at radius 3 is 2.58 bits per heavy atom. The van der Waals surface area contributed by atoms with Gasteiger partial charge >= 0.3 is 12.1 Å². The summed E-state index contributed by atoms with van der Waals surface area (Å²) in [6, 6.07) is 2.25. The van der Waals surface area contributed by atoms with Gasteiger partial charge in [0.1, 0.15) is 11.8 Å². The number of fused-ring (bicyclic) bond motifs is 1. The standard InChI is InChI=1S/C20H25ClF3N3O6/c1-11(9-28)26(5)27(30)25-32-10-31-18(29)13-6-12-7-15(21)14(19(2,3)4)8-16(12)33-17(13)20(22,23)24/h6-8,11,17,28H,9-10H2,1-5H3/b27-25-/t11-,17-/m0/s1. The van der Waals surface area contributed by atoms with Gasteiger partial charge in [0.25, 0.3) is 6.79 Å². The fourth-order valence-electron chi connectivity index (χ4n) is 2.78. The van der Waals surface area contributed by atoms with E-state index in [1.165, 1.54) is 26.1 Å². The molecule has 0 aliphatic carbocycles. The molecule has 0 radical (unpaired) electrons. The highest BCUT2D eigenvalue weighted by molar-refractivity contribution is 6.31. The Morgan fingerprint density at radius 2 is 2.03 bits per heavy atom. The van der Waals surface area contributed by atoms with E-state index in [4.69, 9.17) is 21.4 Å². The second-order valence-electron chi connectivity index (χ2n) is 8.38. The number of esters is 1. The second kappa shape index (κ2) is 10.0. The van der Waals surface area contributed by atoms with Crippen LogP contribution >= 0.6 is 11.6 Å². The lowest BCUT2D eigenvalue weighted by atomic mass is 9.85. The summed E-state index contributed by atoms with van der Waals surface area (Å²) < 4.78 is 50.7. The minimum atomic E-state index is -4.91. The molecular formula is C20H25ClF3N3O6. The number of benzene rings is 1. The third-order valence-electron chi connectivity index (χ3n) is 4.82. The Hall–Kier alpha value is -2.73. The molecule has 0 unspecified atom stereocenters. The molecule has 2 atom stereocenters. The van der Waals surface area contributed by atoms with E-state index in [0.717, 1.165) is 11.1 Å². The van der Waals surface area contributed by atoms with Gasteiger partial charge < -0.3 is 24.6 Å². The topological polar surface area (TPSA) is 107 Å². The summed E-state index contributed by atoms with van der Waals surface area (Å²) >= 11 is 6.28. The van der Waals surface area contributed by atoms with Crippen molar-refractivity contribution in [1.82, 2.24) is 5.01 Å². The first-order valence-electron chi connectivity index (χ1n) is 9.76. The fourth-order valence-corrected chi connectivity index (χ4v) is 3.24. The van der Waals surface area contributed by atoms with E-state index >= 15 is 0 Å². The number of ether oxygens (including phenoxy) is 2. The van der Waals surface area contributed by atoms with Gasteiger partial charge in [0.05, 0.1) is 24.2 Å². The number of aliphatic hydroxyl groups is 1. The van der Waals surface area contributed by atoms with Gasteiger partial charge in [-0.3, -0.25) is 0 Å². The summed E-state index contributed by atoms with van der Waals surface area (Å²) in [5, 5.41) is 25.0. The van der Waals surface area contributed by atoms with E-state index in [9.17, 15) is 23.2 Å². The van der Waals surface area contributed by atoms with E-state index < -0.39 is 42.1 Å². The molecule has 0 fully saturated rings. The molecule has 1 N–H and O–H groups in total. The third-order valence-corrected chi connectivity index (χ3v) is 5.13. The summed E-state index contributed by atoms with van der Waals surface area (Å²) in [6.45, 7) is 5.80. The molecule has 1 aromatic rings. The molecule has 2 rings (SSSR count). The van der Waals surface area contributed by atoms with Crippen molar-refractivity contribution in [3.63, 3.8) is 0 Å². The molecule has 9 nitrogen and oxygen atoms in total. The SMILES string of the molecule is C[C@@H](CO)N(C)/[N+]([O-])=N/OCOC(=O)C1=Cc2cc(Cl)c(C(C)(C)C)cc2O[C@@H]1C(F)(F)F. The van der Waals surface area contributed by atoms with Crippen molar-refractivity contribution in [2.45, 2.75) is 51.4 Å². The van der Waals surface area contributed by atoms with Gasteiger partial charge in [0.15, 0.2) is 0 Å². The van der Waals surface area contributed by atoms with Crippen LogP contribution in [0.5, 0.6) is 5.75 Å². The van der Waals surface area contributed by atoms with Gasteiger partial charge in [-0.2, -0.15) is 13.2 Å². The maximum absolute atomic E-state index is 13.6. The first-order valence-corrected chi connectivity index (χ1v) is 10.1. The molecule has 0 saturated heterocycles. The van der Waals surface area contributed by atoms with Crippen LogP contribution in [0.1, 0.15) is 38.8 Å². The zero-order valence-corrected chi connectivity index (χ0v) is 19.4. The summed E-state index contributed by atoms with van der Waals surface area (Å²) in [4.78, 5) is 16.9. The molecule has 0 amide bonds. The monoisotopic (exact) mass is 495 g/mol. The van der Waals surface area contributed by atoms with Crippen LogP contribution in [0, 0.1) is 5.21 Å². The smallest absolute Gasteiger partial charge is 0.430 e. The highest BCUT2D eigenvalue weighted by Crippen LogP contribution is 2.42. The predicted octanol–water partition coefficient (Wildman–Crippen LogP) is 3.97. The van der Waals surface area contributed by atoms with Crippen LogP contribution in [0.15, 0.2) is 23.0 Å². The van der Waals surface area contributed by atoms with Crippen LogP contribution in [-0.4, -0.2) is 59.8 Å². The van der Waals surface area contributed by atoms with Crippen LogP contribution < -0.4 is 4.74 Å². The number of carbonyl (C=O) groups is 1. The number of likely N-dealkylation sites (N-methyl/N-ethyl adjacent to an activating group) is 1. The Balaban J connectivity index is 2.23. The zero-order chi connectivity index (χ0) is 25.1. The highest BCUT2D eigenvalue weighted by Gasteiger charge is 2.49. The van der Waals surface area contributed by atoms with Crippen molar-refractivity contribution in [1.29, 1.82) is 0 Å². The number of alkyl halides is 3. The van der Waals surface area contributed by atoms with Gasteiger partial charge in [-0.1, -0.05) is 32.4 Å². The minimum Gasteiger partial charge on any atom is -0.569 e. The molecule has 0 spiro atoms. The average molecular weight is 496 g/mol. The second-order valence-corrected chi connectivity index (χ2v) is 8.78. The number of hydrogen-bond donors (Lipinski definition) is 1. The minimum absolute atomic E-state index is 0.0126. The van der Waals surface area contributed by atoms with E-state index in [0.29, 0.717) is 10.6 Å². The Kier molecular flexibility index (Phi) is 8.07. The molecule has 0 aromatic heterocycles. The number of nitrogens with zero attached hydrogens (tertiary/aromatic N) is 3. The average Bonchev–Trinajstić information content (AvgIpc) is 2.72. The van der Waals surface area contributed by atoms with Crippen LogP contribution in [-0.2, 0) is 19.8 Å². The Bertz CT molecular complexity index is 946. The largest absolute Gasteiger partial charge is 0.569 e. The summed E-state index contributed by atoms with van der Waals surface area (Å²) in [5.74, 6) is -1.44. The normalized spacial score (nSPS) is 17.5. The van der Waals surface area contributed by atoms with Gasteiger partial charge in [-0.25, -0.2) is 4.79 Å². The Morgan fingerprint density at radius 1 is 1.39 bits per heavy atom. The lowest BCUT2D eigenvalue weighted by molar-refractivity contribution is -0.713. The lowest BCUT2D eigenvalue weighted by Gasteiger charge is -2.30. The number of rotatable bonds is 7.